The molecule has 0 saturated heterocycles. The summed E-state index contributed by atoms with van der Waals surface area (Å²) < 4.78 is 0. The zero-order chi connectivity index (χ0) is 24.5. The van der Waals surface area contributed by atoms with Crippen LogP contribution < -0.4 is 9.68 Å². The first-order chi connectivity index (χ1) is 16.3. The van der Waals surface area contributed by atoms with Gasteiger partial charge in [0.05, 0.1) is 0 Å². The zero-order valence-electron chi connectivity index (χ0n) is 19.0. The molecule has 0 spiro atoms. The van der Waals surface area contributed by atoms with E-state index in [4.69, 9.17) is 9.68 Å². The van der Waals surface area contributed by atoms with Crippen LogP contribution in [0.15, 0.2) is 72.8 Å². The summed E-state index contributed by atoms with van der Waals surface area (Å²) in [5.74, 6) is -0.201. The number of nitrogens with zero attached hydrogens (tertiary/aromatic N) is 4. The molecule has 3 rings (SSSR count). The predicted molar refractivity (Wildman–Crippen MR) is 125 cm³/mol. The molecule has 0 fully saturated rings. The van der Waals surface area contributed by atoms with Gasteiger partial charge in [-0.2, -0.15) is 0 Å². The molecule has 0 aliphatic rings. The molecular weight excluding hydrogens is 440 g/mol. The van der Waals surface area contributed by atoms with Crippen molar-refractivity contribution in [2.45, 2.75) is 26.2 Å². The number of hydrogen-bond acceptors (Lipinski definition) is 8. The van der Waals surface area contributed by atoms with Crippen LogP contribution in [0, 0.1) is 20.2 Å². The lowest BCUT2D eigenvalue weighted by Gasteiger charge is -2.22. The maximum atomic E-state index is 11.1. The largest absolute Gasteiger partial charge is 0.299 e. The Morgan fingerprint density at radius 3 is 1.38 bits per heavy atom. The van der Waals surface area contributed by atoms with E-state index in [1.165, 1.54) is 6.07 Å². The quantitative estimate of drug-likeness (QED) is 0.290. The van der Waals surface area contributed by atoms with Crippen LogP contribution in [0.1, 0.15) is 22.3 Å². The van der Waals surface area contributed by atoms with E-state index in [9.17, 15) is 20.2 Å². The first-order valence-electron chi connectivity index (χ1n) is 10.6. The van der Waals surface area contributed by atoms with Gasteiger partial charge in [-0.3, -0.25) is 19.5 Å². The molecule has 0 N–H and O–H groups in total. The maximum Gasteiger partial charge on any atom is 0.299 e. The van der Waals surface area contributed by atoms with E-state index in [-0.39, 0.29) is 11.5 Å². The Labute approximate surface area is 197 Å². The first kappa shape index (κ1) is 24.6. The van der Waals surface area contributed by atoms with Crippen LogP contribution in [0.25, 0.3) is 0 Å². The lowest BCUT2D eigenvalue weighted by molar-refractivity contribution is -0.713. The van der Waals surface area contributed by atoms with E-state index in [1.54, 1.807) is 6.07 Å². The molecule has 178 valence electrons. The van der Waals surface area contributed by atoms with E-state index in [0.717, 1.165) is 11.1 Å². The zero-order valence-corrected chi connectivity index (χ0v) is 19.0. The average molecular weight is 466 g/mol. The van der Waals surface area contributed by atoms with Gasteiger partial charge in [-0.25, -0.2) is 0 Å². The van der Waals surface area contributed by atoms with E-state index in [0.29, 0.717) is 37.3 Å². The second kappa shape index (κ2) is 11.7. The highest BCUT2D eigenvalue weighted by molar-refractivity contribution is 5.46. The second-order valence-corrected chi connectivity index (χ2v) is 8.01. The number of benzene rings is 3. The molecule has 0 amide bonds. The van der Waals surface area contributed by atoms with Gasteiger partial charge in [0.15, 0.2) is 0 Å². The summed E-state index contributed by atoms with van der Waals surface area (Å²) in [4.78, 5) is 35.6. The van der Waals surface area contributed by atoms with Crippen molar-refractivity contribution in [2.24, 2.45) is 0 Å². The molecule has 0 heterocycles. The third-order valence-electron chi connectivity index (χ3n) is 5.06. The molecule has 0 radical (unpaired) electrons. The van der Waals surface area contributed by atoms with Gasteiger partial charge in [0, 0.05) is 26.2 Å². The van der Waals surface area contributed by atoms with E-state index < -0.39 is 10.2 Å². The molecule has 0 aromatic heterocycles. The Kier molecular flexibility index (Phi) is 8.49. The summed E-state index contributed by atoms with van der Waals surface area (Å²) in [6.07, 6.45) is 0. The minimum Gasteiger partial charge on any atom is -0.298 e. The van der Waals surface area contributed by atoms with Crippen molar-refractivity contribution in [3.05, 3.63) is 115 Å². The van der Waals surface area contributed by atoms with Crippen molar-refractivity contribution in [3.8, 4) is 11.5 Å². The Hall–Kier alpha value is -4.02. The van der Waals surface area contributed by atoms with Crippen LogP contribution in [0.3, 0.4) is 0 Å². The van der Waals surface area contributed by atoms with Crippen LogP contribution in [-0.2, 0) is 26.2 Å². The second-order valence-electron chi connectivity index (χ2n) is 8.01. The Morgan fingerprint density at radius 1 is 0.647 bits per heavy atom. The maximum absolute atomic E-state index is 11.1. The van der Waals surface area contributed by atoms with E-state index in [1.807, 2.05) is 84.6 Å². The molecule has 10 nitrogen and oxygen atoms in total. The number of hydrogen-bond donors (Lipinski definition) is 0. The topological polar surface area (TPSA) is 111 Å². The Bertz CT molecular complexity index is 1030. The summed E-state index contributed by atoms with van der Waals surface area (Å²) in [7, 11) is 3.76. The van der Waals surface area contributed by atoms with E-state index >= 15 is 0 Å². The summed E-state index contributed by atoms with van der Waals surface area (Å²) in [5, 5.41) is 20.3. The Balaban J connectivity index is 1.88. The van der Waals surface area contributed by atoms with Crippen molar-refractivity contribution in [1.82, 2.24) is 9.80 Å². The smallest absolute Gasteiger partial charge is 0.298 e. The minimum atomic E-state index is -0.937. The van der Waals surface area contributed by atoms with Crippen LogP contribution in [0.2, 0.25) is 0 Å². The van der Waals surface area contributed by atoms with Crippen LogP contribution in [0.5, 0.6) is 11.5 Å². The average Bonchev–Trinajstić information content (AvgIpc) is 2.77. The van der Waals surface area contributed by atoms with Gasteiger partial charge in [0.1, 0.15) is 11.5 Å². The lowest BCUT2D eigenvalue weighted by atomic mass is 10.1. The number of rotatable bonds is 12. The van der Waals surface area contributed by atoms with Crippen molar-refractivity contribution in [2.75, 3.05) is 14.1 Å². The van der Waals surface area contributed by atoms with Crippen LogP contribution >= 0.6 is 0 Å². The first-order valence-corrected chi connectivity index (χ1v) is 10.6. The highest BCUT2D eigenvalue weighted by Gasteiger charge is 2.18. The molecule has 0 atom stereocenters. The fourth-order valence-corrected chi connectivity index (χ4v) is 3.72. The van der Waals surface area contributed by atoms with Crippen molar-refractivity contribution < 1.29 is 19.8 Å². The molecule has 0 aliphatic carbocycles. The van der Waals surface area contributed by atoms with Gasteiger partial charge in [-0.05, 0) is 48.5 Å². The molecule has 3 aromatic rings. The van der Waals surface area contributed by atoms with Gasteiger partial charge in [0.2, 0.25) is 0 Å². The fraction of sp³-hybridized carbons (Fsp3) is 0.250. The Morgan fingerprint density at radius 2 is 1.03 bits per heavy atom. The van der Waals surface area contributed by atoms with E-state index in [2.05, 4.69) is 0 Å². The summed E-state index contributed by atoms with van der Waals surface area (Å²) in [6, 6.07) is 22.5. The predicted octanol–water partition coefficient (Wildman–Crippen LogP) is 4.09. The monoisotopic (exact) mass is 466 g/mol. The highest BCUT2D eigenvalue weighted by Crippen LogP contribution is 2.32. The summed E-state index contributed by atoms with van der Waals surface area (Å²) in [6.45, 7) is 1.86. The molecule has 34 heavy (non-hydrogen) atoms. The molecule has 0 unspecified atom stereocenters. The minimum absolute atomic E-state index is 0.101. The third kappa shape index (κ3) is 7.54. The highest BCUT2D eigenvalue weighted by atomic mass is 17.0. The molecule has 0 aliphatic heterocycles. The summed E-state index contributed by atoms with van der Waals surface area (Å²) in [5.41, 5.74) is 3.21. The standard InChI is InChI=1S/C24H26N4O6/c1-25(15-19-9-5-3-6-10-19)17-21-13-22(18-26(2)16-20-11-7-4-8-12-20)24(34-28(31)32)14-23(21)33-27(29)30/h3-14H,15-18H2,1-2H3. The van der Waals surface area contributed by atoms with Gasteiger partial charge in [-0.15, -0.1) is 20.2 Å². The van der Waals surface area contributed by atoms with Crippen molar-refractivity contribution in [3.63, 3.8) is 0 Å². The van der Waals surface area contributed by atoms with Crippen molar-refractivity contribution >= 4 is 0 Å². The fourth-order valence-electron chi connectivity index (χ4n) is 3.72. The van der Waals surface area contributed by atoms with Crippen LogP contribution in [-0.4, -0.2) is 34.1 Å². The molecule has 0 bridgehead atoms. The third-order valence-corrected chi connectivity index (χ3v) is 5.06. The SMILES string of the molecule is CN(Cc1ccccc1)Cc1cc(CN(C)Cc2ccccc2)c(O[N+](=O)[O-])cc1O[N+](=O)[O-]. The van der Waals surface area contributed by atoms with Gasteiger partial charge < -0.3 is 0 Å². The lowest BCUT2D eigenvalue weighted by Crippen LogP contribution is -2.21. The normalized spacial score (nSPS) is 10.9. The van der Waals surface area contributed by atoms with Crippen LogP contribution in [0.4, 0.5) is 0 Å². The van der Waals surface area contributed by atoms with Crippen molar-refractivity contribution in [1.29, 1.82) is 0 Å². The molecular formula is C24H26N4O6. The molecule has 10 heteroatoms. The van der Waals surface area contributed by atoms with Gasteiger partial charge in [0.25, 0.3) is 10.2 Å². The molecule has 0 saturated carbocycles. The van der Waals surface area contributed by atoms with Gasteiger partial charge in [-0.1, -0.05) is 60.7 Å². The summed E-state index contributed by atoms with van der Waals surface area (Å²) >= 11 is 0. The molecule has 3 aromatic carbocycles. The van der Waals surface area contributed by atoms with Gasteiger partial charge >= 0.3 is 0 Å².